The highest BCUT2D eigenvalue weighted by atomic mass is 19.1. The Hall–Kier alpha value is -0.970. The summed E-state index contributed by atoms with van der Waals surface area (Å²) in [6.07, 6.45) is 3.21. The quantitative estimate of drug-likeness (QED) is 0.644. The van der Waals surface area contributed by atoms with Gasteiger partial charge >= 0.3 is 0 Å². The summed E-state index contributed by atoms with van der Waals surface area (Å²) in [5.41, 5.74) is 3.94. The number of rotatable bonds is 5. The minimum Gasteiger partial charge on any atom is -0.381 e. The van der Waals surface area contributed by atoms with Crippen molar-refractivity contribution in [3.05, 3.63) is 35.6 Å². The lowest BCUT2D eigenvalue weighted by molar-refractivity contribution is 0.0572. The number of nitrogens with two attached hydrogens (primary N) is 1. The van der Waals surface area contributed by atoms with Crippen molar-refractivity contribution in [3.8, 4) is 0 Å². The summed E-state index contributed by atoms with van der Waals surface area (Å²) in [4.78, 5) is 0. The van der Waals surface area contributed by atoms with E-state index in [0.29, 0.717) is 5.92 Å². The van der Waals surface area contributed by atoms with E-state index in [1.54, 1.807) is 0 Å². The molecule has 0 bridgehead atoms. The normalized spacial score (nSPS) is 19.0. The van der Waals surface area contributed by atoms with E-state index in [2.05, 4.69) is 19.3 Å². The molecule has 1 saturated heterocycles. The monoisotopic (exact) mass is 280 g/mol. The number of hydrogen-bond donors (Lipinski definition) is 2. The van der Waals surface area contributed by atoms with E-state index in [1.165, 1.54) is 12.1 Å². The minimum absolute atomic E-state index is 0.138. The second-order valence-corrected chi connectivity index (χ2v) is 6.24. The lowest BCUT2D eigenvalue weighted by Gasteiger charge is -2.37. The molecular formula is C16H25FN2O. The van der Waals surface area contributed by atoms with Crippen LogP contribution >= 0.6 is 0 Å². The maximum atomic E-state index is 13.1. The number of hydrogen-bond acceptors (Lipinski definition) is 3. The third-order valence-electron chi connectivity index (χ3n) is 4.57. The van der Waals surface area contributed by atoms with Crippen LogP contribution in [-0.4, -0.2) is 19.3 Å². The summed E-state index contributed by atoms with van der Waals surface area (Å²) in [7, 11) is 0. The topological polar surface area (TPSA) is 47.3 Å². The highest BCUT2D eigenvalue weighted by Gasteiger charge is 2.32. The minimum atomic E-state index is -0.203. The molecule has 4 heteroatoms. The van der Waals surface area contributed by atoms with Crippen LogP contribution in [0.3, 0.4) is 0 Å². The molecule has 20 heavy (non-hydrogen) atoms. The van der Waals surface area contributed by atoms with Gasteiger partial charge in [-0.15, -0.1) is 0 Å². The van der Waals surface area contributed by atoms with Gasteiger partial charge in [-0.2, -0.15) is 0 Å². The molecule has 3 N–H and O–H groups in total. The Bertz CT molecular complexity index is 413. The third kappa shape index (κ3) is 3.57. The molecule has 0 aliphatic carbocycles. The van der Waals surface area contributed by atoms with E-state index < -0.39 is 0 Å². The zero-order chi connectivity index (χ0) is 14.6. The van der Waals surface area contributed by atoms with Crippen LogP contribution in [0.15, 0.2) is 24.3 Å². The molecule has 0 saturated carbocycles. The van der Waals surface area contributed by atoms with Gasteiger partial charge in [-0.3, -0.25) is 11.3 Å². The van der Waals surface area contributed by atoms with Gasteiger partial charge in [0.1, 0.15) is 5.82 Å². The summed E-state index contributed by atoms with van der Waals surface area (Å²) in [5.74, 6) is 6.23. The molecule has 1 unspecified atom stereocenters. The predicted octanol–water partition coefficient (Wildman–Crippen LogP) is 2.75. The van der Waals surface area contributed by atoms with Crippen LogP contribution in [0.25, 0.3) is 0 Å². The number of nitrogens with one attached hydrogen (secondary N) is 1. The number of halogens is 1. The first-order valence-corrected chi connectivity index (χ1v) is 7.34. The zero-order valence-electron chi connectivity index (χ0n) is 12.4. The summed E-state index contributed by atoms with van der Waals surface area (Å²) in [6.45, 7) is 6.01. The fraction of sp³-hybridized carbons (Fsp3) is 0.625. The smallest absolute Gasteiger partial charge is 0.123 e. The fourth-order valence-electron chi connectivity index (χ4n) is 2.97. The van der Waals surface area contributed by atoms with E-state index in [9.17, 15) is 4.39 Å². The lowest BCUT2D eigenvalue weighted by Crippen LogP contribution is -2.49. The zero-order valence-corrected chi connectivity index (χ0v) is 12.4. The molecular weight excluding hydrogens is 255 g/mol. The molecule has 1 atom stereocenters. The average molecular weight is 280 g/mol. The maximum Gasteiger partial charge on any atom is 0.123 e. The molecule has 1 aromatic rings. The Morgan fingerprint density at radius 1 is 1.30 bits per heavy atom. The molecule has 1 aliphatic heterocycles. The van der Waals surface area contributed by atoms with Gasteiger partial charge in [0.05, 0.1) is 0 Å². The van der Waals surface area contributed by atoms with Crippen LogP contribution in [0.2, 0.25) is 0 Å². The largest absolute Gasteiger partial charge is 0.381 e. The third-order valence-corrected chi connectivity index (χ3v) is 4.57. The van der Waals surface area contributed by atoms with E-state index in [0.717, 1.165) is 38.0 Å². The molecule has 2 rings (SSSR count). The first-order chi connectivity index (χ1) is 9.54. The molecule has 0 spiro atoms. The molecule has 0 amide bonds. The highest BCUT2D eigenvalue weighted by molar-refractivity contribution is 5.26. The van der Waals surface area contributed by atoms with Crippen LogP contribution in [-0.2, 0) is 10.2 Å². The van der Waals surface area contributed by atoms with E-state index in [-0.39, 0.29) is 17.3 Å². The van der Waals surface area contributed by atoms with Gasteiger partial charge in [0.15, 0.2) is 0 Å². The van der Waals surface area contributed by atoms with Crippen molar-refractivity contribution in [1.82, 2.24) is 5.43 Å². The first kappa shape index (κ1) is 15.4. The van der Waals surface area contributed by atoms with Crippen LogP contribution < -0.4 is 11.3 Å². The summed E-state index contributed by atoms with van der Waals surface area (Å²) < 4.78 is 18.5. The van der Waals surface area contributed by atoms with Gasteiger partial charge in [-0.05, 0) is 42.9 Å². The molecule has 0 aromatic heterocycles. The van der Waals surface area contributed by atoms with Crippen molar-refractivity contribution < 1.29 is 9.13 Å². The van der Waals surface area contributed by atoms with Crippen LogP contribution in [0.1, 0.15) is 38.7 Å². The molecule has 1 aromatic carbocycles. The standard InChI is InChI=1S/C16H25FN2O/c1-16(2,13-3-5-14(17)6-4-13)15(19-18)11-12-7-9-20-10-8-12/h3-6,12,15,19H,7-11,18H2,1-2H3. The maximum absolute atomic E-state index is 13.1. The Balaban J connectivity index is 2.09. The Labute approximate surface area is 120 Å². The van der Waals surface area contributed by atoms with E-state index >= 15 is 0 Å². The molecule has 0 radical (unpaired) electrons. The van der Waals surface area contributed by atoms with Crippen molar-refractivity contribution >= 4 is 0 Å². The molecule has 1 aliphatic rings. The fourth-order valence-corrected chi connectivity index (χ4v) is 2.97. The summed E-state index contributed by atoms with van der Waals surface area (Å²) >= 11 is 0. The van der Waals surface area contributed by atoms with Crippen molar-refractivity contribution in [2.75, 3.05) is 13.2 Å². The molecule has 3 nitrogen and oxygen atoms in total. The van der Waals surface area contributed by atoms with E-state index in [4.69, 9.17) is 10.6 Å². The van der Waals surface area contributed by atoms with Gasteiger partial charge in [0.2, 0.25) is 0 Å². The number of hydrazine groups is 1. The van der Waals surface area contributed by atoms with Crippen LogP contribution in [0, 0.1) is 11.7 Å². The summed E-state index contributed by atoms with van der Waals surface area (Å²) in [5, 5.41) is 0. The number of benzene rings is 1. The van der Waals surface area contributed by atoms with Gasteiger partial charge < -0.3 is 4.74 Å². The first-order valence-electron chi connectivity index (χ1n) is 7.34. The van der Waals surface area contributed by atoms with Crippen molar-refractivity contribution in [2.45, 2.75) is 44.6 Å². The molecule has 1 heterocycles. The Morgan fingerprint density at radius 2 is 1.90 bits per heavy atom. The molecule has 1 fully saturated rings. The van der Waals surface area contributed by atoms with E-state index in [1.807, 2.05) is 12.1 Å². The highest BCUT2D eigenvalue weighted by Crippen LogP contribution is 2.32. The predicted molar refractivity (Wildman–Crippen MR) is 78.7 cm³/mol. The summed E-state index contributed by atoms with van der Waals surface area (Å²) in [6, 6.07) is 6.89. The van der Waals surface area contributed by atoms with Gasteiger partial charge in [-0.25, -0.2) is 4.39 Å². The van der Waals surface area contributed by atoms with Crippen molar-refractivity contribution in [2.24, 2.45) is 11.8 Å². The van der Waals surface area contributed by atoms with Gasteiger partial charge in [-0.1, -0.05) is 26.0 Å². The second kappa shape index (κ2) is 6.66. The second-order valence-electron chi connectivity index (χ2n) is 6.24. The van der Waals surface area contributed by atoms with Crippen LogP contribution in [0.5, 0.6) is 0 Å². The Kier molecular flexibility index (Phi) is 5.13. The molecule has 112 valence electrons. The average Bonchev–Trinajstić information content (AvgIpc) is 2.46. The van der Waals surface area contributed by atoms with Crippen molar-refractivity contribution in [3.63, 3.8) is 0 Å². The SMILES string of the molecule is CC(C)(c1ccc(F)cc1)C(CC1CCOCC1)NN. The number of ether oxygens (including phenoxy) is 1. The van der Waals surface area contributed by atoms with Crippen LogP contribution in [0.4, 0.5) is 4.39 Å². The lowest BCUT2D eigenvalue weighted by atomic mass is 9.74. The van der Waals surface area contributed by atoms with Gasteiger partial charge in [0, 0.05) is 24.7 Å². The Morgan fingerprint density at radius 3 is 2.45 bits per heavy atom. The van der Waals surface area contributed by atoms with Gasteiger partial charge in [0.25, 0.3) is 0 Å². The van der Waals surface area contributed by atoms with Crippen molar-refractivity contribution in [1.29, 1.82) is 0 Å².